The molecule has 0 radical (unpaired) electrons. The van der Waals surface area contributed by atoms with Crippen molar-refractivity contribution in [3.63, 3.8) is 0 Å². The number of hydrogen-bond donors (Lipinski definition) is 1. The highest BCUT2D eigenvalue weighted by Gasteiger charge is 2.51. The topological polar surface area (TPSA) is 79.0 Å². The molecule has 8 heteroatoms. The lowest BCUT2D eigenvalue weighted by Gasteiger charge is -2.28. The SMILES string of the molecule is CCC1(c2ccccc2)NC(=O)N(CC(=O)N(Cc2cccs2)CC2CCCO2)C1=O. The number of nitrogens with zero attached hydrogens (tertiary/aromatic N) is 2. The van der Waals surface area contributed by atoms with Gasteiger partial charge in [0.2, 0.25) is 5.91 Å². The molecule has 2 aliphatic rings. The first-order chi connectivity index (χ1) is 15.0. The number of thiophene rings is 1. The van der Waals surface area contributed by atoms with Crippen molar-refractivity contribution in [2.24, 2.45) is 0 Å². The van der Waals surface area contributed by atoms with Gasteiger partial charge in [-0.25, -0.2) is 4.79 Å². The average molecular weight is 442 g/mol. The van der Waals surface area contributed by atoms with E-state index in [-0.39, 0.29) is 24.5 Å². The summed E-state index contributed by atoms with van der Waals surface area (Å²) >= 11 is 1.58. The van der Waals surface area contributed by atoms with Crippen molar-refractivity contribution in [3.8, 4) is 0 Å². The number of hydrogen-bond acceptors (Lipinski definition) is 5. The van der Waals surface area contributed by atoms with Crippen molar-refractivity contribution in [1.29, 1.82) is 0 Å². The van der Waals surface area contributed by atoms with E-state index in [1.807, 2.05) is 54.8 Å². The molecule has 7 nitrogen and oxygen atoms in total. The number of benzene rings is 1. The summed E-state index contributed by atoms with van der Waals surface area (Å²) in [7, 11) is 0. The number of amides is 4. The Bertz CT molecular complexity index is 928. The summed E-state index contributed by atoms with van der Waals surface area (Å²) in [5, 5.41) is 4.81. The summed E-state index contributed by atoms with van der Waals surface area (Å²) in [4.78, 5) is 43.1. The van der Waals surface area contributed by atoms with Crippen LogP contribution in [0.1, 0.15) is 36.6 Å². The van der Waals surface area contributed by atoms with Crippen LogP contribution in [0.5, 0.6) is 0 Å². The fourth-order valence-electron chi connectivity index (χ4n) is 4.25. The van der Waals surface area contributed by atoms with Crippen LogP contribution in [0.3, 0.4) is 0 Å². The molecule has 1 aromatic carbocycles. The molecule has 2 atom stereocenters. The van der Waals surface area contributed by atoms with Gasteiger partial charge in [0.1, 0.15) is 12.1 Å². The summed E-state index contributed by atoms with van der Waals surface area (Å²) < 4.78 is 5.72. The molecular formula is C23H27N3O4S. The van der Waals surface area contributed by atoms with Gasteiger partial charge in [0.15, 0.2) is 0 Å². The fourth-order valence-corrected chi connectivity index (χ4v) is 4.97. The molecule has 2 aliphatic heterocycles. The predicted octanol–water partition coefficient (Wildman–Crippen LogP) is 3.11. The van der Waals surface area contributed by atoms with Crippen LogP contribution in [-0.4, -0.2) is 53.4 Å². The Morgan fingerprint density at radius 3 is 2.71 bits per heavy atom. The summed E-state index contributed by atoms with van der Waals surface area (Å²) in [6.45, 7) is 3.18. The average Bonchev–Trinajstić information content (AvgIpc) is 3.53. The first-order valence-corrected chi connectivity index (χ1v) is 11.5. The molecule has 2 aromatic rings. The lowest BCUT2D eigenvalue weighted by molar-refractivity contribution is -0.140. The Morgan fingerprint density at radius 2 is 2.06 bits per heavy atom. The minimum atomic E-state index is -1.13. The summed E-state index contributed by atoms with van der Waals surface area (Å²) in [6, 6.07) is 12.6. The van der Waals surface area contributed by atoms with E-state index in [9.17, 15) is 14.4 Å². The predicted molar refractivity (Wildman–Crippen MR) is 117 cm³/mol. The standard InChI is InChI=1S/C23H27N3O4S/c1-2-23(17-8-4-3-5-9-17)21(28)26(22(29)24-23)16-20(27)25(14-18-10-6-12-30-18)15-19-11-7-13-31-19/h3-5,7-9,11,13,18H,2,6,10,12,14-16H2,1H3,(H,24,29). The molecule has 2 fully saturated rings. The van der Waals surface area contributed by atoms with Crippen LogP contribution in [-0.2, 0) is 26.4 Å². The third-order valence-electron chi connectivity index (χ3n) is 5.99. The van der Waals surface area contributed by atoms with Crippen molar-refractivity contribution in [2.75, 3.05) is 19.7 Å². The third-order valence-corrected chi connectivity index (χ3v) is 6.85. The second-order valence-corrected chi connectivity index (χ2v) is 8.97. The highest BCUT2D eigenvalue weighted by atomic mass is 32.1. The van der Waals surface area contributed by atoms with Crippen LogP contribution < -0.4 is 5.32 Å². The van der Waals surface area contributed by atoms with Crippen molar-refractivity contribution >= 4 is 29.2 Å². The molecule has 2 saturated heterocycles. The van der Waals surface area contributed by atoms with Gasteiger partial charge in [-0.1, -0.05) is 43.3 Å². The third kappa shape index (κ3) is 4.36. The van der Waals surface area contributed by atoms with Gasteiger partial charge < -0.3 is 15.0 Å². The van der Waals surface area contributed by atoms with Crippen molar-refractivity contribution in [2.45, 2.75) is 44.4 Å². The fraction of sp³-hybridized carbons (Fsp3) is 0.435. The summed E-state index contributed by atoms with van der Waals surface area (Å²) in [5.41, 5.74) is -0.410. The van der Waals surface area contributed by atoms with Crippen molar-refractivity contribution in [1.82, 2.24) is 15.1 Å². The van der Waals surface area contributed by atoms with Crippen LogP contribution in [0.15, 0.2) is 47.8 Å². The van der Waals surface area contributed by atoms with Crippen molar-refractivity contribution in [3.05, 3.63) is 58.3 Å². The number of imide groups is 1. The van der Waals surface area contributed by atoms with Crippen LogP contribution in [0.4, 0.5) is 4.79 Å². The van der Waals surface area contributed by atoms with Gasteiger partial charge in [-0.2, -0.15) is 0 Å². The smallest absolute Gasteiger partial charge is 0.325 e. The number of rotatable bonds is 8. The number of ether oxygens (including phenoxy) is 1. The molecule has 1 N–H and O–H groups in total. The molecule has 31 heavy (non-hydrogen) atoms. The van der Waals surface area contributed by atoms with Gasteiger partial charge >= 0.3 is 6.03 Å². The van der Waals surface area contributed by atoms with E-state index in [1.165, 1.54) is 0 Å². The highest BCUT2D eigenvalue weighted by molar-refractivity contribution is 7.09. The highest BCUT2D eigenvalue weighted by Crippen LogP contribution is 2.32. The monoisotopic (exact) mass is 441 g/mol. The molecule has 0 aliphatic carbocycles. The van der Waals surface area contributed by atoms with Gasteiger partial charge in [0, 0.05) is 18.0 Å². The maximum atomic E-state index is 13.3. The quantitative estimate of drug-likeness (QED) is 0.639. The zero-order valence-corrected chi connectivity index (χ0v) is 18.4. The molecule has 3 heterocycles. The molecule has 0 bridgehead atoms. The molecule has 4 rings (SSSR count). The van der Waals surface area contributed by atoms with Crippen LogP contribution in [0, 0.1) is 0 Å². The van der Waals surface area contributed by atoms with Crippen LogP contribution in [0.2, 0.25) is 0 Å². The Balaban J connectivity index is 1.52. The molecule has 0 spiro atoms. The van der Waals surface area contributed by atoms with Gasteiger partial charge in [0.05, 0.1) is 12.6 Å². The van der Waals surface area contributed by atoms with Gasteiger partial charge in [-0.05, 0) is 36.3 Å². The van der Waals surface area contributed by atoms with E-state index in [0.29, 0.717) is 26.1 Å². The second-order valence-electron chi connectivity index (χ2n) is 7.94. The molecule has 1 aromatic heterocycles. The molecule has 0 saturated carbocycles. The van der Waals surface area contributed by atoms with Gasteiger partial charge in [-0.15, -0.1) is 11.3 Å². The minimum absolute atomic E-state index is 0.00827. The number of carbonyl (C=O) groups excluding carboxylic acids is 3. The lowest BCUT2D eigenvalue weighted by atomic mass is 9.87. The molecule has 2 unspecified atom stereocenters. The lowest BCUT2D eigenvalue weighted by Crippen LogP contribution is -2.46. The Hall–Kier alpha value is -2.71. The summed E-state index contributed by atoms with van der Waals surface area (Å²) in [6.07, 6.45) is 2.28. The molecular weight excluding hydrogens is 414 g/mol. The van der Waals surface area contributed by atoms with E-state index in [0.717, 1.165) is 28.2 Å². The van der Waals surface area contributed by atoms with E-state index in [4.69, 9.17) is 4.74 Å². The van der Waals surface area contributed by atoms with E-state index in [1.54, 1.807) is 16.2 Å². The van der Waals surface area contributed by atoms with Crippen LogP contribution >= 0.6 is 11.3 Å². The summed E-state index contributed by atoms with van der Waals surface area (Å²) in [5.74, 6) is -0.639. The van der Waals surface area contributed by atoms with Gasteiger partial charge in [-0.3, -0.25) is 14.5 Å². The van der Waals surface area contributed by atoms with Gasteiger partial charge in [0.25, 0.3) is 5.91 Å². The molecule has 164 valence electrons. The first kappa shape index (κ1) is 21.5. The largest absolute Gasteiger partial charge is 0.376 e. The van der Waals surface area contributed by atoms with Crippen molar-refractivity contribution < 1.29 is 19.1 Å². The second kappa shape index (κ2) is 9.20. The Kier molecular flexibility index (Phi) is 6.38. The Labute approximate surface area is 186 Å². The maximum absolute atomic E-state index is 13.3. The first-order valence-electron chi connectivity index (χ1n) is 10.6. The zero-order chi connectivity index (χ0) is 21.8. The minimum Gasteiger partial charge on any atom is -0.376 e. The Morgan fingerprint density at radius 1 is 1.26 bits per heavy atom. The molecule has 4 amide bonds. The van der Waals surface area contributed by atoms with E-state index in [2.05, 4.69) is 5.32 Å². The van der Waals surface area contributed by atoms with E-state index < -0.39 is 11.6 Å². The number of nitrogens with one attached hydrogen (secondary N) is 1. The number of urea groups is 1. The maximum Gasteiger partial charge on any atom is 0.325 e. The zero-order valence-electron chi connectivity index (χ0n) is 17.6. The van der Waals surface area contributed by atoms with E-state index >= 15 is 0 Å². The normalized spacial score (nSPS) is 23.3. The number of carbonyl (C=O) groups is 3. The van der Waals surface area contributed by atoms with Crippen LogP contribution in [0.25, 0.3) is 0 Å².